The van der Waals surface area contributed by atoms with Crippen LogP contribution in [0.15, 0.2) is 30.6 Å². The van der Waals surface area contributed by atoms with Gasteiger partial charge in [-0.3, -0.25) is 14.6 Å². The molecule has 3 heterocycles. The highest BCUT2D eigenvalue weighted by atomic mass is 16.6. The molecule has 2 aliphatic rings. The zero-order chi connectivity index (χ0) is 18.1. The first-order valence-corrected chi connectivity index (χ1v) is 8.54. The Morgan fingerprint density at radius 2 is 1.96 bits per heavy atom. The summed E-state index contributed by atoms with van der Waals surface area (Å²) in [5.74, 6) is 1.11. The predicted octanol–water partition coefficient (Wildman–Crippen LogP) is 2.01. The Morgan fingerprint density at radius 3 is 2.77 bits per heavy atom. The van der Waals surface area contributed by atoms with Gasteiger partial charge in [0.05, 0.1) is 5.56 Å². The van der Waals surface area contributed by atoms with Crippen molar-refractivity contribution in [1.29, 1.82) is 0 Å². The number of pyridine rings is 1. The molecule has 1 aromatic heterocycles. The van der Waals surface area contributed by atoms with Crippen molar-refractivity contribution in [3.63, 3.8) is 0 Å². The zero-order valence-corrected chi connectivity index (χ0v) is 14.4. The second-order valence-electron chi connectivity index (χ2n) is 6.33. The summed E-state index contributed by atoms with van der Waals surface area (Å²) in [6.07, 6.45) is 3.95. The first-order valence-electron chi connectivity index (χ1n) is 8.54. The number of aromatic nitrogens is 1. The lowest BCUT2D eigenvalue weighted by molar-refractivity contribution is -0.129. The number of carbonyl (C=O) groups is 2. The Morgan fingerprint density at radius 1 is 1.15 bits per heavy atom. The standard InChI is InChI=1S/C19H19N3O4/c1-12(23)22-5-4-15-13(11-22)9-20-10-16(15)19(24)21-14-2-3-17-18(8-14)26-7-6-25-17/h2-3,8-10H,4-7,11H2,1H3,(H,21,24). The third-order valence-corrected chi connectivity index (χ3v) is 4.63. The van der Waals surface area contributed by atoms with E-state index in [-0.39, 0.29) is 11.8 Å². The minimum atomic E-state index is -0.220. The number of ether oxygens (including phenoxy) is 2. The minimum Gasteiger partial charge on any atom is -0.486 e. The van der Waals surface area contributed by atoms with Crippen molar-refractivity contribution in [2.24, 2.45) is 0 Å². The van der Waals surface area contributed by atoms with Gasteiger partial charge in [0.1, 0.15) is 13.2 Å². The lowest BCUT2D eigenvalue weighted by atomic mass is 9.96. The van der Waals surface area contributed by atoms with E-state index in [4.69, 9.17) is 9.47 Å². The molecule has 0 fully saturated rings. The van der Waals surface area contributed by atoms with Crippen molar-refractivity contribution in [3.8, 4) is 11.5 Å². The number of hydrogen-bond acceptors (Lipinski definition) is 5. The van der Waals surface area contributed by atoms with Gasteiger partial charge in [-0.15, -0.1) is 0 Å². The quantitative estimate of drug-likeness (QED) is 0.893. The van der Waals surface area contributed by atoms with Gasteiger partial charge in [-0.05, 0) is 29.7 Å². The zero-order valence-electron chi connectivity index (χ0n) is 14.4. The number of anilines is 1. The Kier molecular flexibility index (Phi) is 4.20. The topological polar surface area (TPSA) is 80.8 Å². The summed E-state index contributed by atoms with van der Waals surface area (Å²) >= 11 is 0. The van der Waals surface area contributed by atoms with Crippen molar-refractivity contribution >= 4 is 17.5 Å². The van der Waals surface area contributed by atoms with Crippen LogP contribution in [0.3, 0.4) is 0 Å². The SMILES string of the molecule is CC(=O)N1CCc2c(cncc2C(=O)Nc2ccc3c(c2)OCCO3)C1. The first kappa shape index (κ1) is 16.4. The molecule has 134 valence electrons. The van der Waals surface area contributed by atoms with Crippen LogP contribution in [-0.2, 0) is 17.8 Å². The molecule has 0 bridgehead atoms. The molecule has 7 heteroatoms. The number of fused-ring (bicyclic) bond motifs is 2. The number of hydrogen-bond donors (Lipinski definition) is 1. The van der Waals surface area contributed by atoms with Crippen molar-refractivity contribution in [1.82, 2.24) is 9.88 Å². The molecule has 4 rings (SSSR count). The summed E-state index contributed by atoms with van der Waals surface area (Å²) in [7, 11) is 0. The summed E-state index contributed by atoms with van der Waals surface area (Å²) < 4.78 is 11.0. The predicted molar refractivity (Wildman–Crippen MR) is 94.4 cm³/mol. The molecule has 0 unspecified atom stereocenters. The number of amides is 2. The molecular weight excluding hydrogens is 334 g/mol. The highest BCUT2D eigenvalue weighted by Crippen LogP contribution is 2.33. The molecule has 26 heavy (non-hydrogen) atoms. The van der Waals surface area contributed by atoms with E-state index in [2.05, 4.69) is 10.3 Å². The van der Waals surface area contributed by atoms with Crippen molar-refractivity contribution in [2.75, 3.05) is 25.1 Å². The number of carbonyl (C=O) groups excluding carboxylic acids is 2. The van der Waals surface area contributed by atoms with Crippen LogP contribution in [0, 0.1) is 0 Å². The summed E-state index contributed by atoms with van der Waals surface area (Å²) in [6.45, 7) is 3.67. The van der Waals surface area contributed by atoms with Gasteiger partial charge in [0.2, 0.25) is 5.91 Å². The molecule has 0 saturated heterocycles. The smallest absolute Gasteiger partial charge is 0.257 e. The fraction of sp³-hybridized carbons (Fsp3) is 0.316. The molecule has 0 saturated carbocycles. The Hall–Kier alpha value is -3.09. The first-order chi connectivity index (χ1) is 12.6. The van der Waals surface area contributed by atoms with Crippen LogP contribution in [0.5, 0.6) is 11.5 Å². The van der Waals surface area contributed by atoms with Gasteiger partial charge >= 0.3 is 0 Å². The van der Waals surface area contributed by atoms with Gasteiger partial charge < -0.3 is 19.7 Å². The van der Waals surface area contributed by atoms with Crippen LogP contribution in [0.2, 0.25) is 0 Å². The van der Waals surface area contributed by atoms with E-state index in [1.807, 2.05) is 0 Å². The lowest BCUT2D eigenvalue weighted by Crippen LogP contribution is -2.35. The summed E-state index contributed by atoms with van der Waals surface area (Å²) in [5.41, 5.74) is 3.05. The monoisotopic (exact) mass is 353 g/mol. The molecule has 0 atom stereocenters. The van der Waals surface area contributed by atoms with E-state index in [1.165, 1.54) is 0 Å². The fourth-order valence-electron chi connectivity index (χ4n) is 3.28. The van der Waals surface area contributed by atoms with Gasteiger partial charge in [0, 0.05) is 44.2 Å². The minimum absolute atomic E-state index is 0.0294. The van der Waals surface area contributed by atoms with Gasteiger partial charge in [0.25, 0.3) is 5.91 Å². The van der Waals surface area contributed by atoms with Crippen LogP contribution in [0.1, 0.15) is 28.4 Å². The number of benzene rings is 1. The van der Waals surface area contributed by atoms with Gasteiger partial charge in [-0.2, -0.15) is 0 Å². The van der Waals surface area contributed by atoms with Crippen molar-refractivity contribution < 1.29 is 19.1 Å². The van der Waals surface area contributed by atoms with E-state index in [1.54, 1.807) is 42.4 Å². The van der Waals surface area contributed by atoms with Crippen LogP contribution in [0.4, 0.5) is 5.69 Å². The number of nitrogens with zero attached hydrogens (tertiary/aromatic N) is 2. The summed E-state index contributed by atoms with van der Waals surface area (Å²) in [6, 6.07) is 5.33. The van der Waals surface area contributed by atoms with Crippen LogP contribution in [-0.4, -0.2) is 41.5 Å². The van der Waals surface area contributed by atoms with E-state index < -0.39 is 0 Å². The third kappa shape index (κ3) is 3.08. The molecular formula is C19H19N3O4. The van der Waals surface area contributed by atoms with Gasteiger partial charge in [0.15, 0.2) is 11.5 Å². The average molecular weight is 353 g/mol. The lowest BCUT2D eigenvalue weighted by Gasteiger charge is -2.28. The maximum atomic E-state index is 12.8. The molecule has 2 aromatic rings. The van der Waals surface area contributed by atoms with Crippen LogP contribution >= 0.6 is 0 Å². The van der Waals surface area contributed by atoms with E-state index >= 15 is 0 Å². The molecule has 0 aliphatic carbocycles. The maximum absolute atomic E-state index is 12.8. The second-order valence-corrected chi connectivity index (χ2v) is 6.33. The highest BCUT2D eigenvalue weighted by molar-refractivity contribution is 6.05. The summed E-state index contributed by atoms with van der Waals surface area (Å²) in [5, 5.41) is 2.90. The molecule has 2 aliphatic heterocycles. The average Bonchev–Trinajstić information content (AvgIpc) is 2.66. The van der Waals surface area contributed by atoms with E-state index in [0.717, 1.165) is 11.1 Å². The molecule has 0 radical (unpaired) electrons. The Balaban J connectivity index is 1.56. The fourth-order valence-corrected chi connectivity index (χ4v) is 3.28. The number of rotatable bonds is 2. The largest absolute Gasteiger partial charge is 0.486 e. The summed E-state index contributed by atoms with van der Waals surface area (Å²) in [4.78, 5) is 30.3. The Labute approximate surface area is 150 Å². The van der Waals surface area contributed by atoms with Crippen molar-refractivity contribution in [2.45, 2.75) is 19.9 Å². The normalized spacial score (nSPS) is 15.2. The molecule has 1 aromatic carbocycles. The van der Waals surface area contributed by atoms with Crippen LogP contribution < -0.4 is 14.8 Å². The Bertz CT molecular complexity index is 881. The molecule has 0 spiro atoms. The number of nitrogens with one attached hydrogen (secondary N) is 1. The van der Waals surface area contributed by atoms with E-state index in [9.17, 15) is 9.59 Å². The maximum Gasteiger partial charge on any atom is 0.257 e. The van der Waals surface area contributed by atoms with Gasteiger partial charge in [-0.25, -0.2) is 0 Å². The van der Waals surface area contributed by atoms with E-state index in [0.29, 0.717) is 55.5 Å². The second kappa shape index (κ2) is 6.67. The van der Waals surface area contributed by atoms with Gasteiger partial charge in [-0.1, -0.05) is 0 Å². The third-order valence-electron chi connectivity index (χ3n) is 4.63. The molecule has 1 N–H and O–H groups in total. The highest BCUT2D eigenvalue weighted by Gasteiger charge is 2.23. The van der Waals surface area contributed by atoms with Crippen LogP contribution in [0.25, 0.3) is 0 Å². The molecule has 7 nitrogen and oxygen atoms in total. The van der Waals surface area contributed by atoms with Crippen molar-refractivity contribution in [3.05, 3.63) is 47.3 Å². The molecule has 2 amide bonds.